The summed E-state index contributed by atoms with van der Waals surface area (Å²) in [5, 5.41) is 3.26. The van der Waals surface area contributed by atoms with Crippen LogP contribution in [-0.4, -0.2) is 50.2 Å². The van der Waals surface area contributed by atoms with E-state index in [0.29, 0.717) is 11.5 Å². The number of halogens is 1. The van der Waals surface area contributed by atoms with Crippen molar-refractivity contribution in [2.75, 3.05) is 33.4 Å². The SMILES string of the molecule is COc1ccccc1OCC(=O)N1CCNC[C@H]1C.Cl. The highest BCUT2D eigenvalue weighted by Gasteiger charge is 2.23. The molecule has 1 fully saturated rings. The first-order chi connectivity index (χ1) is 9.22. The molecule has 0 spiro atoms. The summed E-state index contributed by atoms with van der Waals surface area (Å²) in [7, 11) is 1.59. The number of piperazine rings is 1. The fourth-order valence-corrected chi connectivity index (χ4v) is 2.17. The van der Waals surface area contributed by atoms with Gasteiger partial charge in [0.25, 0.3) is 5.91 Å². The molecule has 1 saturated heterocycles. The Morgan fingerprint density at radius 3 is 2.75 bits per heavy atom. The van der Waals surface area contributed by atoms with E-state index in [0.717, 1.165) is 19.6 Å². The molecule has 1 aromatic rings. The number of ether oxygens (including phenoxy) is 2. The largest absolute Gasteiger partial charge is 0.493 e. The Morgan fingerprint density at radius 1 is 1.40 bits per heavy atom. The summed E-state index contributed by atoms with van der Waals surface area (Å²) in [4.78, 5) is 14.0. The Labute approximate surface area is 125 Å². The van der Waals surface area contributed by atoms with Crippen LogP contribution in [0.4, 0.5) is 0 Å². The van der Waals surface area contributed by atoms with Crippen molar-refractivity contribution >= 4 is 18.3 Å². The molecule has 5 nitrogen and oxygen atoms in total. The van der Waals surface area contributed by atoms with Gasteiger partial charge in [0.2, 0.25) is 0 Å². The standard InChI is InChI=1S/C14H20N2O3.ClH/c1-11-9-15-7-8-16(11)14(17)10-19-13-6-4-3-5-12(13)18-2;/h3-6,11,15H,7-10H2,1-2H3;1H/t11-;/m1./s1. The third-order valence-corrected chi connectivity index (χ3v) is 3.24. The van der Waals surface area contributed by atoms with Crippen LogP contribution in [0.25, 0.3) is 0 Å². The maximum atomic E-state index is 12.1. The molecule has 6 heteroatoms. The molecule has 20 heavy (non-hydrogen) atoms. The molecule has 0 bridgehead atoms. The lowest BCUT2D eigenvalue weighted by Crippen LogP contribution is -2.53. The number of methoxy groups -OCH3 is 1. The van der Waals surface area contributed by atoms with Crippen molar-refractivity contribution < 1.29 is 14.3 Å². The second-order valence-electron chi connectivity index (χ2n) is 4.58. The minimum Gasteiger partial charge on any atom is -0.493 e. The lowest BCUT2D eigenvalue weighted by atomic mass is 10.2. The summed E-state index contributed by atoms with van der Waals surface area (Å²) in [5.41, 5.74) is 0. The Bertz CT molecular complexity index is 442. The highest BCUT2D eigenvalue weighted by atomic mass is 35.5. The van der Waals surface area contributed by atoms with E-state index in [1.807, 2.05) is 30.0 Å². The number of hydrogen-bond donors (Lipinski definition) is 1. The van der Waals surface area contributed by atoms with Gasteiger partial charge in [-0.15, -0.1) is 12.4 Å². The lowest BCUT2D eigenvalue weighted by Gasteiger charge is -2.33. The van der Waals surface area contributed by atoms with Crippen LogP contribution >= 0.6 is 12.4 Å². The fraction of sp³-hybridized carbons (Fsp3) is 0.500. The van der Waals surface area contributed by atoms with Crippen molar-refractivity contribution in [2.45, 2.75) is 13.0 Å². The minimum atomic E-state index is 0. The molecule has 0 radical (unpaired) electrons. The first kappa shape index (κ1) is 16.6. The minimum absolute atomic E-state index is 0. The van der Waals surface area contributed by atoms with Gasteiger partial charge < -0.3 is 19.7 Å². The highest BCUT2D eigenvalue weighted by molar-refractivity contribution is 5.85. The van der Waals surface area contributed by atoms with E-state index in [9.17, 15) is 4.79 Å². The number of hydrogen-bond acceptors (Lipinski definition) is 4. The van der Waals surface area contributed by atoms with E-state index in [4.69, 9.17) is 9.47 Å². The van der Waals surface area contributed by atoms with E-state index < -0.39 is 0 Å². The molecule has 0 aromatic heterocycles. The van der Waals surface area contributed by atoms with Gasteiger partial charge in [-0.2, -0.15) is 0 Å². The predicted molar refractivity (Wildman–Crippen MR) is 79.8 cm³/mol. The number of amides is 1. The first-order valence-electron chi connectivity index (χ1n) is 6.48. The zero-order valence-electron chi connectivity index (χ0n) is 11.8. The van der Waals surface area contributed by atoms with Crippen LogP contribution in [0.3, 0.4) is 0 Å². The lowest BCUT2D eigenvalue weighted by molar-refractivity contribution is -0.136. The fourth-order valence-electron chi connectivity index (χ4n) is 2.17. The van der Waals surface area contributed by atoms with Gasteiger partial charge in [0.05, 0.1) is 7.11 Å². The van der Waals surface area contributed by atoms with Crippen molar-refractivity contribution in [1.29, 1.82) is 0 Å². The maximum absolute atomic E-state index is 12.1. The van der Waals surface area contributed by atoms with Crippen molar-refractivity contribution in [3.63, 3.8) is 0 Å². The Hall–Kier alpha value is -1.46. The molecule has 1 aliphatic rings. The van der Waals surface area contributed by atoms with Gasteiger partial charge in [0.1, 0.15) is 0 Å². The van der Waals surface area contributed by atoms with Crippen molar-refractivity contribution in [2.24, 2.45) is 0 Å². The van der Waals surface area contributed by atoms with E-state index >= 15 is 0 Å². The number of para-hydroxylation sites is 2. The van der Waals surface area contributed by atoms with Gasteiger partial charge in [-0.3, -0.25) is 4.79 Å². The predicted octanol–water partition coefficient (Wildman–Crippen LogP) is 1.32. The van der Waals surface area contributed by atoms with Crippen LogP contribution in [-0.2, 0) is 4.79 Å². The number of nitrogens with one attached hydrogen (secondary N) is 1. The quantitative estimate of drug-likeness (QED) is 0.911. The van der Waals surface area contributed by atoms with Crippen molar-refractivity contribution in [3.05, 3.63) is 24.3 Å². The summed E-state index contributed by atoms with van der Waals surface area (Å²) in [5.74, 6) is 1.25. The van der Waals surface area contributed by atoms with Crippen molar-refractivity contribution in [3.8, 4) is 11.5 Å². The number of nitrogens with zero attached hydrogens (tertiary/aromatic N) is 1. The molecule has 0 saturated carbocycles. The summed E-state index contributed by atoms with van der Waals surface area (Å²) >= 11 is 0. The molecular formula is C14H21ClN2O3. The number of carbonyl (C=O) groups excluding carboxylic acids is 1. The molecule has 1 aromatic carbocycles. The molecule has 1 heterocycles. The number of rotatable bonds is 4. The van der Waals surface area contributed by atoms with E-state index in [1.54, 1.807) is 13.2 Å². The second-order valence-corrected chi connectivity index (χ2v) is 4.58. The first-order valence-corrected chi connectivity index (χ1v) is 6.48. The van der Waals surface area contributed by atoms with Crippen LogP contribution in [0.15, 0.2) is 24.3 Å². The Morgan fingerprint density at radius 2 is 2.10 bits per heavy atom. The average molecular weight is 301 g/mol. The van der Waals surface area contributed by atoms with Gasteiger partial charge in [-0.25, -0.2) is 0 Å². The molecule has 1 aliphatic heterocycles. The topological polar surface area (TPSA) is 50.8 Å². The number of carbonyl (C=O) groups is 1. The molecule has 0 unspecified atom stereocenters. The molecule has 0 aliphatic carbocycles. The normalized spacial score (nSPS) is 18.1. The molecule has 1 amide bonds. The maximum Gasteiger partial charge on any atom is 0.260 e. The average Bonchev–Trinajstić information content (AvgIpc) is 2.45. The third kappa shape index (κ3) is 4.02. The summed E-state index contributed by atoms with van der Waals surface area (Å²) in [6.07, 6.45) is 0. The van der Waals surface area contributed by atoms with Gasteiger partial charge in [-0.05, 0) is 19.1 Å². The van der Waals surface area contributed by atoms with Gasteiger partial charge in [0, 0.05) is 25.7 Å². The van der Waals surface area contributed by atoms with E-state index in [1.165, 1.54) is 0 Å². The number of benzene rings is 1. The second kappa shape index (κ2) is 7.97. The van der Waals surface area contributed by atoms with Crippen LogP contribution in [0.5, 0.6) is 11.5 Å². The van der Waals surface area contributed by atoms with Crippen molar-refractivity contribution in [1.82, 2.24) is 10.2 Å². The molecule has 1 atom stereocenters. The van der Waals surface area contributed by atoms with Gasteiger partial charge >= 0.3 is 0 Å². The third-order valence-electron chi connectivity index (χ3n) is 3.24. The smallest absolute Gasteiger partial charge is 0.260 e. The van der Waals surface area contributed by atoms with E-state index in [-0.39, 0.29) is 31.0 Å². The summed E-state index contributed by atoms with van der Waals surface area (Å²) < 4.78 is 10.7. The Balaban J connectivity index is 0.00000200. The summed E-state index contributed by atoms with van der Waals surface area (Å²) in [6, 6.07) is 7.55. The highest BCUT2D eigenvalue weighted by Crippen LogP contribution is 2.25. The van der Waals surface area contributed by atoms with Crippen LogP contribution in [0.2, 0.25) is 0 Å². The zero-order chi connectivity index (χ0) is 13.7. The summed E-state index contributed by atoms with van der Waals surface area (Å²) in [6.45, 7) is 4.48. The zero-order valence-corrected chi connectivity index (χ0v) is 12.6. The molecular weight excluding hydrogens is 280 g/mol. The molecule has 2 rings (SSSR count). The van der Waals surface area contributed by atoms with Gasteiger partial charge in [0.15, 0.2) is 18.1 Å². The van der Waals surface area contributed by atoms with E-state index in [2.05, 4.69) is 5.32 Å². The van der Waals surface area contributed by atoms with Crippen LogP contribution < -0.4 is 14.8 Å². The van der Waals surface area contributed by atoms with Gasteiger partial charge in [-0.1, -0.05) is 12.1 Å². The Kier molecular flexibility index (Phi) is 6.61. The van der Waals surface area contributed by atoms with Crippen LogP contribution in [0.1, 0.15) is 6.92 Å². The molecule has 112 valence electrons. The molecule has 1 N–H and O–H groups in total. The monoisotopic (exact) mass is 300 g/mol. The van der Waals surface area contributed by atoms with Crippen LogP contribution in [0, 0.1) is 0 Å².